The summed E-state index contributed by atoms with van der Waals surface area (Å²) in [5.41, 5.74) is -1.75. The quantitative estimate of drug-likeness (QED) is 0.465. The smallest absolute Gasteiger partial charge is 0.427 e. The molecule has 3 nitrogen and oxygen atoms in total. The third-order valence-electron chi connectivity index (χ3n) is 3.15. The van der Waals surface area contributed by atoms with Crippen LogP contribution in [0, 0.1) is 0 Å². The first-order chi connectivity index (χ1) is 9.91. The number of alkyl halides is 5. The van der Waals surface area contributed by atoms with E-state index in [1.54, 1.807) is 0 Å². The van der Waals surface area contributed by atoms with Gasteiger partial charge >= 0.3 is 18.1 Å². The summed E-state index contributed by atoms with van der Waals surface area (Å²) in [6.07, 6.45) is -7.22. The van der Waals surface area contributed by atoms with Crippen molar-refractivity contribution in [2.24, 2.45) is 0 Å². The van der Waals surface area contributed by atoms with Gasteiger partial charge in [0.1, 0.15) is 5.75 Å². The normalized spacial score (nSPS) is 15.3. The van der Waals surface area contributed by atoms with Crippen molar-refractivity contribution >= 4 is 5.97 Å². The molecule has 1 atom stereocenters. The van der Waals surface area contributed by atoms with Crippen LogP contribution >= 0.6 is 0 Å². The number of ether oxygens (including phenoxy) is 2. The van der Waals surface area contributed by atoms with E-state index in [9.17, 15) is 26.7 Å². The van der Waals surface area contributed by atoms with E-state index >= 15 is 0 Å². The first-order valence-electron chi connectivity index (χ1n) is 6.20. The number of carbonyl (C=O) groups excluding carboxylic acids is 1. The molecule has 0 aliphatic carbocycles. The molecule has 22 heavy (non-hydrogen) atoms. The molecule has 0 aliphatic heterocycles. The van der Waals surface area contributed by atoms with Gasteiger partial charge in [-0.25, -0.2) is 0 Å². The first kappa shape index (κ1) is 18.3. The minimum atomic E-state index is -5.66. The maximum absolute atomic E-state index is 13.3. The summed E-state index contributed by atoms with van der Waals surface area (Å²) in [6.45, 7) is 2.31. The summed E-state index contributed by atoms with van der Waals surface area (Å²) < 4.78 is 73.3. The van der Waals surface area contributed by atoms with Gasteiger partial charge in [-0.2, -0.15) is 22.0 Å². The lowest BCUT2D eigenvalue weighted by atomic mass is 9.89. The molecule has 8 heteroatoms. The second-order valence-electron chi connectivity index (χ2n) is 4.93. The van der Waals surface area contributed by atoms with Gasteiger partial charge in [0, 0.05) is 14.0 Å². The van der Waals surface area contributed by atoms with E-state index in [1.807, 2.05) is 0 Å². The van der Waals surface area contributed by atoms with E-state index < -0.39 is 30.1 Å². The lowest BCUT2D eigenvalue weighted by Gasteiger charge is -2.33. The van der Waals surface area contributed by atoms with Gasteiger partial charge in [0.05, 0.1) is 12.0 Å². The fourth-order valence-corrected chi connectivity index (χ4v) is 1.86. The number of carbonyl (C=O) groups is 1. The molecule has 0 aliphatic rings. The van der Waals surface area contributed by atoms with Crippen LogP contribution in [0.3, 0.4) is 0 Å². The zero-order valence-corrected chi connectivity index (χ0v) is 12.1. The fourth-order valence-electron chi connectivity index (χ4n) is 1.86. The van der Waals surface area contributed by atoms with E-state index in [1.165, 1.54) is 31.2 Å². The molecular weight excluding hydrogens is 311 g/mol. The van der Waals surface area contributed by atoms with Gasteiger partial charge in [0.2, 0.25) is 0 Å². The molecule has 0 fully saturated rings. The summed E-state index contributed by atoms with van der Waals surface area (Å²) in [7, 11) is 1.05. The second-order valence-corrected chi connectivity index (χ2v) is 4.93. The maximum atomic E-state index is 13.3. The van der Waals surface area contributed by atoms with Gasteiger partial charge in [0.25, 0.3) is 0 Å². The molecule has 0 heterocycles. The van der Waals surface area contributed by atoms with Gasteiger partial charge < -0.3 is 9.47 Å². The topological polar surface area (TPSA) is 35.5 Å². The summed E-state index contributed by atoms with van der Waals surface area (Å²) in [5.74, 6) is -5.32. The van der Waals surface area contributed by atoms with Crippen LogP contribution in [0.5, 0.6) is 5.75 Å². The molecule has 0 spiro atoms. The lowest BCUT2D eigenvalue weighted by molar-refractivity contribution is -0.298. The van der Waals surface area contributed by atoms with Gasteiger partial charge in [-0.3, -0.25) is 4.79 Å². The number of rotatable bonds is 5. The Morgan fingerprint density at radius 1 is 1.09 bits per heavy atom. The minimum Gasteiger partial charge on any atom is -0.427 e. The molecule has 0 saturated heterocycles. The highest BCUT2D eigenvalue weighted by Gasteiger charge is 2.60. The number of halogens is 5. The Morgan fingerprint density at radius 3 is 1.95 bits per heavy atom. The fraction of sp³-hybridized carbons (Fsp3) is 0.500. The average molecular weight is 326 g/mol. The molecule has 0 amide bonds. The Kier molecular flexibility index (Phi) is 5.17. The molecule has 1 aromatic rings. The molecule has 1 aromatic carbocycles. The Balaban J connectivity index is 3.05. The van der Waals surface area contributed by atoms with Gasteiger partial charge in [-0.1, -0.05) is 12.1 Å². The van der Waals surface area contributed by atoms with Crippen LogP contribution in [-0.4, -0.2) is 25.2 Å². The highest BCUT2D eigenvalue weighted by Crippen LogP contribution is 2.45. The van der Waals surface area contributed by atoms with Crippen molar-refractivity contribution in [3.8, 4) is 5.75 Å². The van der Waals surface area contributed by atoms with E-state index in [0.717, 1.165) is 14.0 Å². The van der Waals surface area contributed by atoms with Crippen LogP contribution in [0.15, 0.2) is 24.3 Å². The summed E-state index contributed by atoms with van der Waals surface area (Å²) in [5, 5.41) is 0. The van der Waals surface area contributed by atoms with Crippen molar-refractivity contribution in [3.05, 3.63) is 29.8 Å². The average Bonchev–Trinajstić information content (AvgIpc) is 2.36. The standard InChI is InChI=1S/C14H15F5O3/c1-9(20)22-11-6-4-10(5-7-11)12(2,21-3)8-13(15,16)14(17,18)19/h4-7H,8H2,1-3H3. The van der Waals surface area contributed by atoms with E-state index in [2.05, 4.69) is 0 Å². The Morgan fingerprint density at radius 2 is 1.59 bits per heavy atom. The Hall–Kier alpha value is -1.70. The summed E-state index contributed by atoms with van der Waals surface area (Å²) in [6, 6.07) is 5.13. The molecule has 0 aromatic heterocycles. The van der Waals surface area contributed by atoms with Crippen molar-refractivity contribution < 1.29 is 36.2 Å². The van der Waals surface area contributed by atoms with Crippen molar-refractivity contribution in [1.82, 2.24) is 0 Å². The van der Waals surface area contributed by atoms with Crippen molar-refractivity contribution in [2.75, 3.05) is 7.11 Å². The third-order valence-corrected chi connectivity index (χ3v) is 3.15. The number of esters is 1. The molecule has 0 radical (unpaired) electrons. The van der Waals surface area contributed by atoms with Crippen LogP contribution in [0.2, 0.25) is 0 Å². The highest BCUT2D eigenvalue weighted by atomic mass is 19.4. The van der Waals surface area contributed by atoms with Gasteiger partial charge in [0.15, 0.2) is 0 Å². The summed E-state index contributed by atoms with van der Waals surface area (Å²) in [4.78, 5) is 10.8. The minimum absolute atomic E-state index is 0.106. The number of hydrogen-bond donors (Lipinski definition) is 0. The second kappa shape index (κ2) is 6.20. The first-order valence-corrected chi connectivity index (χ1v) is 6.20. The molecule has 0 bridgehead atoms. The Bertz CT molecular complexity index is 524. The third kappa shape index (κ3) is 4.16. The molecule has 0 N–H and O–H groups in total. The van der Waals surface area contributed by atoms with E-state index in [0.29, 0.717) is 0 Å². The van der Waals surface area contributed by atoms with Crippen molar-refractivity contribution in [3.63, 3.8) is 0 Å². The number of hydrogen-bond acceptors (Lipinski definition) is 3. The summed E-state index contributed by atoms with van der Waals surface area (Å²) >= 11 is 0. The predicted molar refractivity (Wildman–Crippen MR) is 67.7 cm³/mol. The van der Waals surface area contributed by atoms with Crippen LogP contribution in [0.1, 0.15) is 25.8 Å². The zero-order chi connectivity index (χ0) is 17.2. The van der Waals surface area contributed by atoms with E-state index in [-0.39, 0.29) is 11.3 Å². The molecule has 1 rings (SSSR count). The maximum Gasteiger partial charge on any atom is 0.453 e. The highest BCUT2D eigenvalue weighted by molar-refractivity contribution is 5.69. The van der Waals surface area contributed by atoms with Crippen LogP contribution in [-0.2, 0) is 15.1 Å². The monoisotopic (exact) mass is 326 g/mol. The molecular formula is C14H15F5O3. The predicted octanol–water partition coefficient (Wildman–Crippen LogP) is 4.06. The number of benzene rings is 1. The Labute approximate surface area is 124 Å². The molecule has 0 saturated carbocycles. The molecule has 124 valence electrons. The van der Waals surface area contributed by atoms with Gasteiger partial charge in [-0.15, -0.1) is 0 Å². The van der Waals surface area contributed by atoms with Crippen LogP contribution in [0.25, 0.3) is 0 Å². The lowest BCUT2D eigenvalue weighted by Crippen LogP contribution is -2.43. The van der Waals surface area contributed by atoms with Crippen LogP contribution < -0.4 is 4.74 Å². The van der Waals surface area contributed by atoms with Crippen molar-refractivity contribution in [1.29, 1.82) is 0 Å². The van der Waals surface area contributed by atoms with Crippen molar-refractivity contribution in [2.45, 2.75) is 38.0 Å². The van der Waals surface area contributed by atoms with Gasteiger partial charge in [-0.05, 0) is 24.6 Å². The number of methoxy groups -OCH3 is 1. The largest absolute Gasteiger partial charge is 0.453 e. The SMILES string of the molecule is COC(C)(CC(F)(F)C(F)(F)F)c1ccc(OC(C)=O)cc1. The van der Waals surface area contributed by atoms with Crippen LogP contribution in [0.4, 0.5) is 22.0 Å². The molecule has 1 unspecified atom stereocenters. The zero-order valence-electron chi connectivity index (χ0n) is 12.1. The van der Waals surface area contributed by atoms with E-state index in [4.69, 9.17) is 9.47 Å².